The molecular weight excluding hydrogens is 208 g/mol. The quantitative estimate of drug-likeness (QED) is 0.771. The van der Waals surface area contributed by atoms with Gasteiger partial charge in [-0.25, -0.2) is 4.98 Å². The summed E-state index contributed by atoms with van der Waals surface area (Å²) in [6.07, 6.45) is 10.6. The third-order valence-corrected chi connectivity index (χ3v) is 2.17. The molecule has 1 aromatic carbocycles. The zero-order valence-electron chi connectivity index (χ0n) is 9.79. The van der Waals surface area contributed by atoms with Crippen molar-refractivity contribution >= 4 is 18.4 Å². The molecule has 2 heteroatoms. The summed E-state index contributed by atoms with van der Waals surface area (Å²) in [6, 6.07) is 8.02. The molecule has 0 aliphatic carbocycles. The summed E-state index contributed by atoms with van der Waals surface area (Å²) in [5, 5.41) is 0. The Morgan fingerprint density at radius 3 is 1.88 bits per heavy atom. The Kier molecular flexibility index (Phi) is 5.25. The smallest absolute Gasteiger partial charge is 0.0986 e. The van der Waals surface area contributed by atoms with Crippen molar-refractivity contribution in [2.75, 3.05) is 0 Å². The number of aromatic nitrogens is 2. The lowest BCUT2D eigenvalue weighted by Gasteiger charge is -1.96. The highest BCUT2D eigenvalue weighted by molar-refractivity contribution is 5.63. The van der Waals surface area contributed by atoms with Crippen LogP contribution >= 0.6 is 0 Å². The molecule has 1 heterocycles. The van der Waals surface area contributed by atoms with Crippen molar-refractivity contribution in [2.45, 2.75) is 0 Å². The van der Waals surface area contributed by atoms with E-state index in [9.17, 15) is 0 Å². The van der Waals surface area contributed by atoms with E-state index in [0.717, 1.165) is 11.1 Å². The van der Waals surface area contributed by atoms with Crippen LogP contribution in [0.1, 0.15) is 11.1 Å². The molecule has 0 saturated carbocycles. The SMILES string of the molecule is C=Cc1ccccc1C=C.C=Cn1ccnc1. The van der Waals surface area contributed by atoms with E-state index in [1.54, 1.807) is 23.3 Å². The van der Waals surface area contributed by atoms with Crippen LogP contribution in [0.15, 0.2) is 62.7 Å². The minimum absolute atomic E-state index is 1.14. The minimum Gasteiger partial charge on any atom is -0.314 e. The Morgan fingerprint density at radius 1 is 1.00 bits per heavy atom. The van der Waals surface area contributed by atoms with Gasteiger partial charge in [0.1, 0.15) is 0 Å². The van der Waals surface area contributed by atoms with Gasteiger partial charge in [0.2, 0.25) is 0 Å². The molecule has 0 N–H and O–H groups in total. The monoisotopic (exact) mass is 224 g/mol. The molecule has 0 aliphatic heterocycles. The van der Waals surface area contributed by atoms with E-state index in [2.05, 4.69) is 24.7 Å². The summed E-state index contributed by atoms with van der Waals surface area (Å²) in [5.41, 5.74) is 2.27. The van der Waals surface area contributed by atoms with Crippen LogP contribution in [-0.4, -0.2) is 9.55 Å². The first kappa shape index (κ1) is 12.7. The lowest BCUT2D eigenvalue weighted by Crippen LogP contribution is -1.76. The summed E-state index contributed by atoms with van der Waals surface area (Å²) in [6.45, 7) is 10.9. The molecule has 17 heavy (non-hydrogen) atoms. The highest BCUT2D eigenvalue weighted by atomic mass is 15.0. The van der Waals surface area contributed by atoms with Gasteiger partial charge < -0.3 is 4.57 Å². The van der Waals surface area contributed by atoms with Crippen molar-refractivity contribution in [2.24, 2.45) is 0 Å². The van der Waals surface area contributed by atoms with E-state index in [1.807, 2.05) is 42.6 Å². The van der Waals surface area contributed by atoms with E-state index < -0.39 is 0 Å². The number of hydrogen-bond donors (Lipinski definition) is 0. The normalized spacial score (nSPS) is 8.71. The molecule has 0 atom stereocenters. The molecule has 2 nitrogen and oxygen atoms in total. The second-order valence-electron chi connectivity index (χ2n) is 3.23. The zero-order valence-corrected chi connectivity index (χ0v) is 9.79. The van der Waals surface area contributed by atoms with Gasteiger partial charge in [-0.05, 0) is 11.1 Å². The predicted molar refractivity (Wildman–Crippen MR) is 75.2 cm³/mol. The van der Waals surface area contributed by atoms with Crippen molar-refractivity contribution in [1.29, 1.82) is 0 Å². The molecule has 0 amide bonds. The van der Waals surface area contributed by atoms with Crippen LogP contribution < -0.4 is 0 Å². The average Bonchev–Trinajstić information content (AvgIpc) is 2.92. The fraction of sp³-hybridized carbons (Fsp3) is 0. The lowest BCUT2D eigenvalue weighted by molar-refractivity contribution is 1.14. The van der Waals surface area contributed by atoms with Crippen LogP contribution in [0.5, 0.6) is 0 Å². The number of hydrogen-bond acceptors (Lipinski definition) is 1. The van der Waals surface area contributed by atoms with Crippen LogP contribution in [-0.2, 0) is 0 Å². The Morgan fingerprint density at radius 2 is 1.59 bits per heavy atom. The maximum Gasteiger partial charge on any atom is 0.0986 e. The predicted octanol–water partition coefficient (Wildman–Crippen LogP) is 3.96. The number of rotatable bonds is 3. The first-order chi connectivity index (χ1) is 8.31. The maximum absolute atomic E-state index is 3.78. The molecule has 0 radical (unpaired) electrons. The van der Waals surface area contributed by atoms with Crippen LogP contribution in [0, 0.1) is 0 Å². The third kappa shape index (κ3) is 3.95. The van der Waals surface area contributed by atoms with Gasteiger partial charge in [-0.2, -0.15) is 0 Å². The highest BCUT2D eigenvalue weighted by Crippen LogP contribution is 2.10. The van der Waals surface area contributed by atoms with Gasteiger partial charge in [-0.3, -0.25) is 0 Å². The largest absolute Gasteiger partial charge is 0.314 e. The molecule has 2 rings (SSSR count). The standard InChI is InChI=1S/C10H10.C5H6N2/c1-3-9-7-5-6-8-10(9)4-2;1-2-7-4-3-6-5-7/h3-8H,1-2H2;2-5H,1H2. The molecule has 0 aliphatic rings. The fourth-order valence-electron chi connectivity index (χ4n) is 1.26. The summed E-state index contributed by atoms with van der Waals surface area (Å²) in [5.74, 6) is 0. The van der Waals surface area contributed by atoms with Crippen molar-refractivity contribution in [1.82, 2.24) is 9.55 Å². The highest BCUT2D eigenvalue weighted by Gasteiger charge is 1.89. The number of benzene rings is 1. The maximum atomic E-state index is 3.78. The fourth-order valence-corrected chi connectivity index (χ4v) is 1.26. The van der Waals surface area contributed by atoms with E-state index in [0.29, 0.717) is 0 Å². The molecule has 2 aromatic rings. The second-order valence-corrected chi connectivity index (χ2v) is 3.23. The summed E-state index contributed by atoms with van der Waals surface area (Å²) < 4.78 is 1.78. The zero-order chi connectivity index (χ0) is 12.5. The van der Waals surface area contributed by atoms with Crippen LogP contribution in [0.25, 0.3) is 18.4 Å². The van der Waals surface area contributed by atoms with E-state index in [1.165, 1.54) is 0 Å². The first-order valence-corrected chi connectivity index (χ1v) is 5.25. The molecule has 0 saturated heterocycles. The topological polar surface area (TPSA) is 17.8 Å². The van der Waals surface area contributed by atoms with Crippen LogP contribution in [0.4, 0.5) is 0 Å². The molecule has 0 spiro atoms. The minimum atomic E-state index is 1.14. The first-order valence-electron chi connectivity index (χ1n) is 5.25. The lowest BCUT2D eigenvalue weighted by atomic mass is 10.1. The molecule has 0 unspecified atom stereocenters. The molecule has 86 valence electrons. The van der Waals surface area contributed by atoms with Crippen molar-refractivity contribution in [3.63, 3.8) is 0 Å². The number of imidazole rings is 1. The van der Waals surface area contributed by atoms with Gasteiger partial charge in [0.15, 0.2) is 0 Å². The molecule has 0 fully saturated rings. The molecular formula is C15H16N2. The summed E-state index contributed by atoms with van der Waals surface area (Å²) in [4.78, 5) is 3.78. The average molecular weight is 224 g/mol. The van der Waals surface area contributed by atoms with E-state index >= 15 is 0 Å². The van der Waals surface area contributed by atoms with Crippen molar-refractivity contribution < 1.29 is 0 Å². The number of nitrogens with zero attached hydrogens (tertiary/aromatic N) is 2. The molecule has 1 aromatic heterocycles. The molecule has 0 bridgehead atoms. The Balaban J connectivity index is 0.000000181. The third-order valence-electron chi connectivity index (χ3n) is 2.17. The van der Waals surface area contributed by atoms with Crippen LogP contribution in [0.3, 0.4) is 0 Å². The van der Waals surface area contributed by atoms with Gasteiger partial charge in [0.25, 0.3) is 0 Å². The van der Waals surface area contributed by atoms with Gasteiger partial charge in [0, 0.05) is 18.6 Å². The Hall–Kier alpha value is -2.35. The van der Waals surface area contributed by atoms with Gasteiger partial charge >= 0.3 is 0 Å². The Labute approximate surface area is 102 Å². The van der Waals surface area contributed by atoms with Crippen molar-refractivity contribution in [3.05, 3.63) is 73.9 Å². The van der Waals surface area contributed by atoms with E-state index in [4.69, 9.17) is 0 Å². The van der Waals surface area contributed by atoms with Gasteiger partial charge in [-0.15, -0.1) is 0 Å². The summed E-state index contributed by atoms with van der Waals surface area (Å²) >= 11 is 0. The van der Waals surface area contributed by atoms with Crippen LogP contribution in [0.2, 0.25) is 0 Å². The van der Waals surface area contributed by atoms with E-state index in [-0.39, 0.29) is 0 Å². The Bertz CT molecular complexity index is 454. The van der Waals surface area contributed by atoms with Crippen molar-refractivity contribution in [3.8, 4) is 0 Å². The van der Waals surface area contributed by atoms with Gasteiger partial charge in [0.05, 0.1) is 6.33 Å². The second kappa shape index (κ2) is 7.01. The van der Waals surface area contributed by atoms with Gasteiger partial charge in [-0.1, -0.05) is 56.2 Å². The summed E-state index contributed by atoms with van der Waals surface area (Å²) in [7, 11) is 0.